The van der Waals surface area contributed by atoms with E-state index >= 15 is 0 Å². The average Bonchev–Trinajstić information content (AvgIpc) is 2.64. The molecule has 0 fully saturated rings. The summed E-state index contributed by atoms with van der Waals surface area (Å²) in [7, 11) is -3.56. The van der Waals surface area contributed by atoms with Crippen molar-refractivity contribution in [2.75, 3.05) is 18.1 Å². The van der Waals surface area contributed by atoms with Gasteiger partial charge in [0, 0.05) is 12.0 Å². The van der Waals surface area contributed by atoms with Crippen molar-refractivity contribution >= 4 is 21.6 Å². The van der Waals surface area contributed by atoms with Crippen LogP contribution in [0.3, 0.4) is 0 Å². The molecule has 2 aromatic carbocycles. The summed E-state index contributed by atoms with van der Waals surface area (Å²) in [5.74, 6) is 0.754. The van der Waals surface area contributed by atoms with Crippen LogP contribution in [0.1, 0.15) is 32.8 Å². The first-order valence-corrected chi connectivity index (χ1v) is 10.8. The summed E-state index contributed by atoms with van der Waals surface area (Å²) in [5.41, 5.74) is 1.18. The maximum atomic E-state index is 12.7. The molecular formula is C21H26N2O4S. The standard InChI is InChI=1S/C21H26N2O4S/c1-21(2,3)22-28(25,26)17-11-8-16(9-12-17)10-13-20(24)23-14-15-27-19-7-5-4-6-18(19)23/h4-9,11-12,22H,10,13-15H2,1-3H3. The molecule has 150 valence electrons. The van der Waals surface area contributed by atoms with Crippen LogP contribution < -0.4 is 14.4 Å². The van der Waals surface area contributed by atoms with Gasteiger partial charge in [-0.1, -0.05) is 24.3 Å². The average molecular weight is 403 g/mol. The molecule has 0 atom stereocenters. The molecule has 28 heavy (non-hydrogen) atoms. The first kappa shape index (κ1) is 20.4. The van der Waals surface area contributed by atoms with Crippen LogP contribution in [-0.4, -0.2) is 33.0 Å². The predicted octanol–water partition coefficient (Wildman–Crippen LogP) is 3.12. The zero-order valence-corrected chi connectivity index (χ0v) is 17.3. The third-order valence-corrected chi connectivity index (χ3v) is 6.11. The van der Waals surface area contributed by atoms with Gasteiger partial charge in [0.15, 0.2) is 0 Å². The minimum atomic E-state index is -3.56. The van der Waals surface area contributed by atoms with E-state index in [1.807, 2.05) is 24.3 Å². The lowest BCUT2D eigenvalue weighted by Crippen LogP contribution is -2.40. The van der Waals surface area contributed by atoms with E-state index in [-0.39, 0.29) is 10.8 Å². The Labute approximate surface area is 166 Å². The fourth-order valence-electron chi connectivity index (χ4n) is 3.11. The van der Waals surface area contributed by atoms with Crippen molar-refractivity contribution in [3.05, 3.63) is 54.1 Å². The summed E-state index contributed by atoms with van der Waals surface area (Å²) >= 11 is 0. The van der Waals surface area contributed by atoms with Crippen molar-refractivity contribution in [2.45, 2.75) is 44.0 Å². The molecule has 2 aromatic rings. The van der Waals surface area contributed by atoms with Crippen LogP contribution in [0.2, 0.25) is 0 Å². The minimum Gasteiger partial charge on any atom is -0.490 e. The molecule has 0 spiro atoms. The van der Waals surface area contributed by atoms with E-state index in [1.54, 1.807) is 49.9 Å². The summed E-state index contributed by atoms with van der Waals surface area (Å²) in [6.45, 7) is 6.42. The predicted molar refractivity (Wildman–Crippen MR) is 109 cm³/mol. The van der Waals surface area contributed by atoms with Gasteiger partial charge in [-0.2, -0.15) is 0 Å². The molecule has 0 saturated carbocycles. The summed E-state index contributed by atoms with van der Waals surface area (Å²) in [5, 5.41) is 0. The van der Waals surface area contributed by atoms with Crippen molar-refractivity contribution in [3.8, 4) is 5.75 Å². The zero-order chi connectivity index (χ0) is 20.4. The number of aryl methyl sites for hydroxylation is 1. The van der Waals surface area contributed by atoms with Crippen molar-refractivity contribution in [1.29, 1.82) is 0 Å². The summed E-state index contributed by atoms with van der Waals surface area (Å²) < 4.78 is 33.0. The zero-order valence-electron chi connectivity index (χ0n) is 16.4. The Hall–Kier alpha value is -2.38. The molecule has 0 aliphatic carbocycles. The van der Waals surface area contributed by atoms with E-state index in [4.69, 9.17) is 4.74 Å². The van der Waals surface area contributed by atoms with Gasteiger partial charge in [-0.3, -0.25) is 4.79 Å². The van der Waals surface area contributed by atoms with E-state index in [1.165, 1.54) is 0 Å². The van der Waals surface area contributed by atoms with Gasteiger partial charge in [0.2, 0.25) is 15.9 Å². The van der Waals surface area contributed by atoms with Crippen LogP contribution in [0.5, 0.6) is 5.75 Å². The van der Waals surface area contributed by atoms with Crippen LogP contribution in [-0.2, 0) is 21.2 Å². The smallest absolute Gasteiger partial charge is 0.241 e. The number of amides is 1. The first-order valence-electron chi connectivity index (χ1n) is 9.31. The number of para-hydroxylation sites is 2. The van der Waals surface area contributed by atoms with Gasteiger partial charge in [0.05, 0.1) is 17.1 Å². The van der Waals surface area contributed by atoms with Crippen LogP contribution in [0.4, 0.5) is 5.69 Å². The number of rotatable bonds is 5. The number of nitrogens with one attached hydrogen (secondary N) is 1. The fourth-order valence-corrected chi connectivity index (χ4v) is 4.53. The number of ether oxygens (including phenoxy) is 1. The van der Waals surface area contributed by atoms with Crippen LogP contribution >= 0.6 is 0 Å². The van der Waals surface area contributed by atoms with Crippen LogP contribution in [0, 0.1) is 0 Å². The Kier molecular flexibility index (Phi) is 5.76. The Bertz CT molecular complexity index is 947. The molecule has 1 N–H and O–H groups in total. The van der Waals surface area contributed by atoms with Crippen LogP contribution in [0.15, 0.2) is 53.4 Å². The Morgan fingerprint density at radius 1 is 1.11 bits per heavy atom. The van der Waals surface area contributed by atoms with Gasteiger partial charge in [-0.15, -0.1) is 0 Å². The van der Waals surface area contributed by atoms with Crippen molar-refractivity contribution in [3.63, 3.8) is 0 Å². The second-order valence-electron chi connectivity index (χ2n) is 7.86. The van der Waals surface area contributed by atoms with E-state index < -0.39 is 15.6 Å². The Morgan fingerprint density at radius 3 is 2.46 bits per heavy atom. The van der Waals surface area contributed by atoms with Gasteiger partial charge in [0.25, 0.3) is 0 Å². The summed E-state index contributed by atoms with van der Waals surface area (Å²) in [6, 6.07) is 14.2. The lowest BCUT2D eigenvalue weighted by atomic mass is 10.1. The maximum absolute atomic E-state index is 12.7. The van der Waals surface area contributed by atoms with Gasteiger partial charge in [0.1, 0.15) is 12.4 Å². The van der Waals surface area contributed by atoms with E-state index in [2.05, 4.69) is 4.72 Å². The molecular weight excluding hydrogens is 376 g/mol. The summed E-state index contributed by atoms with van der Waals surface area (Å²) in [4.78, 5) is 14.7. The normalized spacial score (nSPS) is 14.3. The number of hydrogen-bond donors (Lipinski definition) is 1. The number of carbonyl (C=O) groups excluding carboxylic acids is 1. The fraction of sp³-hybridized carbons (Fsp3) is 0.381. The van der Waals surface area contributed by atoms with E-state index in [9.17, 15) is 13.2 Å². The monoisotopic (exact) mass is 402 g/mol. The first-order chi connectivity index (χ1) is 13.2. The number of fused-ring (bicyclic) bond motifs is 1. The molecule has 0 unspecified atom stereocenters. The quantitative estimate of drug-likeness (QED) is 0.834. The second-order valence-corrected chi connectivity index (χ2v) is 9.54. The van der Waals surface area contributed by atoms with Gasteiger partial charge in [-0.05, 0) is 57.0 Å². The highest BCUT2D eigenvalue weighted by Gasteiger charge is 2.24. The second kappa shape index (κ2) is 7.93. The molecule has 1 aliphatic heterocycles. The van der Waals surface area contributed by atoms with E-state index in [0.717, 1.165) is 17.0 Å². The molecule has 3 rings (SSSR count). The molecule has 0 aromatic heterocycles. The van der Waals surface area contributed by atoms with Crippen molar-refractivity contribution in [2.24, 2.45) is 0 Å². The topological polar surface area (TPSA) is 75.7 Å². The number of carbonyl (C=O) groups is 1. The molecule has 0 radical (unpaired) electrons. The third kappa shape index (κ3) is 4.91. The lowest BCUT2D eigenvalue weighted by molar-refractivity contribution is -0.118. The number of sulfonamides is 1. The highest BCUT2D eigenvalue weighted by atomic mass is 32.2. The molecule has 0 bridgehead atoms. The molecule has 6 nitrogen and oxygen atoms in total. The number of anilines is 1. The molecule has 1 heterocycles. The minimum absolute atomic E-state index is 0.0295. The highest BCUT2D eigenvalue weighted by molar-refractivity contribution is 7.89. The van der Waals surface area contributed by atoms with Crippen molar-refractivity contribution < 1.29 is 17.9 Å². The van der Waals surface area contributed by atoms with Gasteiger partial charge < -0.3 is 9.64 Å². The van der Waals surface area contributed by atoms with Gasteiger partial charge >= 0.3 is 0 Å². The van der Waals surface area contributed by atoms with E-state index in [0.29, 0.717) is 26.0 Å². The molecule has 7 heteroatoms. The van der Waals surface area contributed by atoms with Crippen molar-refractivity contribution in [1.82, 2.24) is 4.72 Å². The molecule has 1 amide bonds. The Balaban J connectivity index is 1.64. The largest absolute Gasteiger partial charge is 0.490 e. The highest BCUT2D eigenvalue weighted by Crippen LogP contribution is 2.31. The number of hydrogen-bond acceptors (Lipinski definition) is 4. The number of nitrogens with zero attached hydrogens (tertiary/aromatic N) is 1. The third-order valence-electron chi connectivity index (χ3n) is 4.33. The van der Waals surface area contributed by atoms with Gasteiger partial charge in [-0.25, -0.2) is 13.1 Å². The molecule has 0 saturated heterocycles. The molecule has 1 aliphatic rings. The SMILES string of the molecule is CC(C)(C)NS(=O)(=O)c1ccc(CCC(=O)N2CCOc3ccccc32)cc1. The lowest BCUT2D eigenvalue weighted by Gasteiger charge is -2.29. The Morgan fingerprint density at radius 2 is 1.79 bits per heavy atom. The maximum Gasteiger partial charge on any atom is 0.241 e. The number of benzene rings is 2. The summed E-state index contributed by atoms with van der Waals surface area (Å²) in [6.07, 6.45) is 0.895. The van der Waals surface area contributed by atoms with Crippen LogP contribution in [0.25, 0.3) is 0 Å².